The minimum absolute atomic E-state index is 0.0329. The normalized spacial score (nSPS) is 15.4. The summed E-state index contributed by atoms with van der Waals surface area (Å²) in [6, 6.07) is 25.3. The van der Waals surface area contributed by atoms with E-state index in [9.17, 15) is 9.59 Å². The number of piperidine rings is 1. The summed E-state index contributed by atoms with van der Waals surface area (Å²) in [5.41, 5.74) is 10.8. The molecule has 1 saturated heterocycles. The van der Waals surface area contributed by atoms with Gasteiger partial charge in [0, 0.05) is 43.3 Å². The maximum Gasteiger partial charge on any atom is 0.411 e. The molecule has 3 aromatic rings. The molecule has 1 fully saturated rings. The summed E-state index contributed by atoms with van der Waals surface area (Å²) in [7, 11) is 0. The minimum atomic E-state index is -0.421. The van der Waals surface area contributed by atoms with E-state index in [0.29, 0.717) is 12.1 Å². The van der Waals surface area contributed by atoms with Crippen LogP contribution in [-0.4, -0.2) is 55.6 Å². The van der Waals surface area contributed by atoms with Crippen LogP contribution in [-0.2, 0) is 4.74 Å². The maximum absolute atomic E-state index is 12.6. The summed E-state index contributed by atoms with van der Waals surface area (Å²) in [6.07, 6.45) is 1.05. The highest BCUT2D eigenvalue weighted by Crippen LogP contribution is 2.30. The number of para-hydroxylation sites is 1. The average Bonchev–Trinajstić information content (AvgIpc) is 2.96. The van der Waals surface area contributed by atoms with Crippen LogP contribution >= 0.6 is 0 Å². The van der Waals surface area contributed by atoms with Crippen LogP contribution in [0.1, 0.15) is 55.6 Å². The van der Waals surface area contributed by atoms with Crippen molar-refractivity contribution in [3.05, 3.63) is 90.0 Å². The number of benzene rings is 3. The van der Waals surface area contributed by atoms with Crippen LogP contribution in [0.15, 0.2) is 78.9 Å². The van der Waals surface area contributed by atoms with Crippen molar-refractivity contribution < 1.29 is 14.3 Å². The van der Waals surface area contributed by atoms with Gasteiger partial charge < -0.3 is 20.7 Å². The lowest BCUT2D eigenvalue weighted by atomic mass is 9.83. The van der Waals surface area contributed by atoms with Crippen LogP contribution in [0.25, 0.3) is 11.1 Å². The van der Waals surface area contributed by atoms with Crippen LogP contribution < -0.4 is 16.4 Å². The molecule has 212 valence electrons. The monoisotopic (exact) mass is 542 g/mol. The summed E-state index contributed by atoms with van der Waals surface area (Å²) >= 11 is 0. The third-order valence-electron chi connectivity index (χ3n) is 7.47. The Hall–Kier alpha value is -3.52. The number of Topliss-reactive ketones (excluding diaryl/α,β-unsaturated/α-hetero) is 1. The smallest absolute Gasteiger partial charge is 0.411 e. The molecule has 4 N–H and O–H groups in total. The number of ketones is 1. The number of hydrogen-bond acceptors (Lipinski definition) is 6. The predicted octanol–water partition coefficient (Wildman–Crippen LogP) is 5.88. The molecule has 40 heavy (non-hydrogen) atoms. The van der Waals surface area contributed by atoms with Gasteiger partial charge in [-0.3, -0.25) is 10.1 Å². The molecular weight excluding hydrogens is 500 g/mol. The van der Waals surface area contributed by atoms with Crippen molar-refractivity contribution in [2.45, 2.75) is 45.8 Å². The first kappa shape index (κ1) is 29.5. The Morgan fingerprint density at radius 3 is 2.27 bits per heavy atom. The van der Waals surface area contributed by atoms with Crippen LogP contribution in [0.2, 0.25) is 0 Å². The van der Waals surface area contributed by atoms with Gasteiger partial charge in [0.1, 0.15) is 6.10 Å². The summed E-state index contributed by atoms with van der Waals surface area (Å²) < 4.78 is 5.74. The first-order valence-corrected chi connectivity index (χ1v) is 14.1. The number of ether oxygens (including phenoxy) is 1. The van der Waals surface area contributed by atoms with Crippen molar-refractivity contribution in [1.82, 2.24) is 10.2 Å². The second kappa shape index (κ2) is 13.7. The molecule has 0 radical (unpaired) electrons. The lowest BCUT2D eigenvalue weighted by Gasteiger charge is -2.31. The van der Waals surface area contributed by atoms with Gasteiger partial charge in [0.05, 0.1) is 12.2 Å². The fraction of sp³-hybridized carbons (Fsp3) is 0.394. The van der Waals surface area contributed by atoms with Gasteiger partial charge in [-0.05, 0) is 35.4 Å². The maximum atomic E-state index is 12.6. The molecule has 0 saturated carbocycles. The van der Waals surface area contributed by atoms with E-state index in [0.717, 1.165) is 61.4 Å². The fourth-order valence-corrected chi connectivity index (χ4v) is 4.92. The molecule has 0 aromatic heterocycles. The molecule has 4 rings (SSSR count). The number of carbonyl (C=O) groups excluding carboxylic acids is 2. The van der Waals surface area contributed by atoms with Crippen LogP contribution in [0.3, 0.4) is 0 Å². The molecular formula is C33H42N4O3. The minimum Gasteiger partial charge on any atom is -0.446 e. The van der Waals surface area contributed by atoms with Crippen LogP contribution in [0.4, 0.5) is 10.5 Å². The summed E-state index contributed by atoms with van der Waals surface area (Å²) in [5, 5.41) is 6.20. The summed E-state index contributed by atoms with van der Waals surface area (Å²) in [5.74, 6) is 0.0721. The number of amides is 1. The zero-order valence-electron chi connectivity index (χ0n) is 23.9. The van der Waals surface area contributed by atoms with E-state index < -0.39 is 6.09 Å². The van der Waals surface area contributed by atoms with Gasteiger partial charge in [-0.15, -0.1) is 0 Å². The molecule has 1 amide bonds. The van der Waals surface area contributed by atoms with E-state index >= 15 is 0 Å². The highest BCUT2D eigenvalue weighted by molar-refractivity contribution is 5.97. The van der Waals surface area contributed by atoms with Crippen molar-refractivity contribution >= 4 is 17.6 Å². The van der Waals surface area contributed by atoms with Gasteiger partial charge in [0.25, 0.3) is 0 Å². The number of nitrogens with one attached hydrogen (secondary N) is 2. The average molecular weight is 543 g/mol. The number of hydrogen-bond donors (Lipinski definition) is 3. The van der Waals surface area contributed by atoms with E-state index in [1.54, 1.807) is 0 Å². The number of rotatable bonds is 10. The molecule has 1 aliphatic heterocycles. The predicted molar refractivity (Wildman–Crippen MR) is 161 cm³/mol. The number of nitrogens with zero attached hydrogens (tertiary/aromatic N) is 1. The Morgan fingerprint density at radius 2 is 1.60 bits per heavy atom. The molecule has 1 aliphatic rings. The van der Waals surface area contributed by atoms with Crippen LogP contribution in [0.5, 0.6) is 0 Å². The van der Waals surface area contributed by atoms with E-state index in [1.807, 2.05) is 78.9 Å². The first-order chi connectivity index (χ1) is 19.2. The first-order valence-electron chi connectivity index (χ1n) is 14.1. The van der Waals surface area contributed by atoms with Gasteiger partial charge in [-0.2, -0.15) is 0 Å². The number of likely N-dealkylation sites (tertiary alicyclic amines) is 1. The van der Waals surface area contributed by atoms with Crippen LogP contribution in [0, 0.1) is 5.41 Å². The second-order valence-electron chi connectivity index (χ2n) is 11.5. The Kier molecular flexibility index (Phi) is 10.1. The standard InChI is InChI=1S/C33H42N4O3/c1-33(2,3)31(34)26-15-13-25(14-16-26)30(38)23-35-19-22-37-20-17-27(18-21-37)40-32(39)36-29-12-8-7-11-28(29)24-9-5-4-6-10-24/h4-16,27,31,35H,17-23,34H2,1-3H3,(H,36,39). The SMILES string of the molecule is CC(C)(C)C(N)c1ccc(C(=O)CNCCN2CCC(OC(=O)Nc3ccccc3-c3ccccc3)CC2)cc1. The van der Waals surface area contributed by atoms with Crippen molar-refractivity contribution in [1.29, 1.82) is 0 Å². The van der Waals surface area contributed by atoms with Gasteiger partial charge in [-0.1, -0.05) is 93.6 Å². The zero-order chi connectivity index (χ0) is 28.5. The Labute approximate surface area is 238 Å². The topological polar surface area (TPSA) is 96.7 Å². The molecule has 7 nitrogen and oxygen atoms in total. The van der Waals surface area contributed by atoms with E-state index in [4.69, 9.17) is 10.5 Å². The molecule has 3 aromatic carbocycles. The van der Waals surface area contributed by atoms with Gasteiger partial charge >= 0.3 is 6.09 Å². The quantitative estimate of drug-likeness (QED) is 0.219. The van der Waals surface area contributed by atoms with Gasteiger partial charge in [-0.25, -0.2) is 4.79 Å². The van der Waals surface area contributed by atoms with E-state index in [1.165, 1.54) is 0 Å². The third kappa shape index (κ3) is 8.24. The lowest BCUT2D eigenvalue weighted by molar-refractivity contribution is 0.0593. The molecule has 1 heterocycles. The molecule has 0 aliphatic carbocycles. The fourth-order valence-electron chi connectivity index (χ4n) is 4.92. The van der Waals surface area contributed by atoms with Gasteiger partial charge in [0.2, 0.25) is 0 Å². The molecule has 1 unspecified atom stereocenters. The lowest BCUT2D eigenvalue weighted by Crippen LogP contribution is -2.42. The number of anilines is 1. The molecule has 0 bridgehead atoms. The number of carbonyl (C=O) groups is 2. The Balaban J connectivity index is 1.14. The molecule has 1 atom stereocenters. The van der Waals surface area contributed by atoms with E-state index in [2.05, 4.69) is 36.3 Å². The Bertz CT molecular complexity index is 1250. The van der Waals surface area contributed by atoms with E-state index in [-0.39, 0.29) is 23.3 Å². The molecule has 0 spiro atoms. The largest absolute Gasteiger partial charge is 0.446 e. The summed E-state index contributed by atoms with van der Waals surface area (Å²) in [6.45, 7) is 9.90. The van der Waals surface area contributed by atoms with Crippen molar-refractivity contribution in [2.75, 3.05) is 38.0 Å². The second-order valence-corrected chi connectivity index (χ2v) is 11.5. The highest BCUT2D eigenvalue weighted by atomic mass is 16.6. The zero-order valence-corrected chi connectivity index (χ0v) is 23.9. The molecule has 7 heteroatoms. The van der Waals surface area contributed by atoms with Crippen molar-refractivity contribution in [3.8, 4) is 11.1 Å². The summed E-state index contributed by atoms with van der Waals surface area (Å²) in [4.78, 5) is 27.6. The number of nitrogens with two attached hydrogens (primary N) is 1. The third-order valence-corrected chi connectivity index (χ3v) is 7.47. The van der Waals surface area contributed by atoms with Crippen molar-refractivity contribution in [3.63, 3.8) is 0 Å². The highest BCUT2D eigenvalue weighted by Gasteiger charge is 2.23. The Morgan fingerprint density at radius 1 is 0.950 bits per heavy atom. The van der Waals surface area contributed by atoms with Gasteiger partial charge in [0.15, 0.2) is 5.78 Å². The van der Waals surface area contributed by atoms with Crippen molar-refractivity contribution in [2.24, 2.45) is 11.1 Å².